The monoisotopic (exact) mass is 362 g/mol. The first-order chi connectivity index (χ1) is 12.6. The maximum absolute atomic E-state index is 12.9. The van der Waals surface area contributed by atoms with E-state index in [9.17, 15) is 9.90 Å². The Morgan fingerprint density at radius 3 is 2.31 bits per heavy atom. The molecule has 0 saturated carbocycles. The Kier molecular flexibility index (Phi) is 4.02. The molecule has 2 heterocycles. The number of thiazole rings is 1. The number of carbonyl (C=O) groups excluding carboxylic acids is 1. The molecule has 0 saturated heterocycles. The number of rotatable bonds is 4. The number of benzene rings is 2. The standard InChI is InChI=1S/C20H14N2O3S/c21-20-22-17(15-10-11-16(23)25-15)19(26-20)18(24)14-8-6-13(7-9-14)12-4-2-1-3-5-12/h1-11,23H,(H2,21,22). The number of aromatic nitrogens is 1. The van der Waals surface area contributed by atoms with Crippen LogP contribution in [0.15, 0.2) is 71.1 Å². The van der Waals surface area contributed by atoms with Gasteiger partial charge in [0, 0.05) is 11.6 Å². The van der Waals surface area contributed by atoms with Crippen molar-refractivity contribution in [1.29, 1.82) is 0 Å². The van der Waals surface area contributed by atoms with Gasteiger partial charge in [-0.15, -0.1) is 0 Å². The molecule has 0 bridgehead atoms. The van der Waals surface area contributed by atoms with Crippen molar-refractivity contribution in [2.75, 3.05) is 5.73 Å². The fourth-order valence-corrected chi connectivity index (χ4v) is 3.49. The summed E-state index contributed by atoms with van der Waals surface area (Å²) in [5, 5.41) is 9.66. The molecule has 3 N–H and O–H groups in total. The van der Waals surface area contributed by atoms with Crippen LogP contribution in [0.25, 0.3) is 22.6 Å². The third-order valence-corrected chi connectivity index (χ3v) is 4.81. The number of anilines is 1. The summed E-state index contributed by atoms with van der Waals surface area (Å²) >= 11 is 1.10. The predicted octanol–water partition coefficient (Wildman–Crippen LogP) is 4.59. The molecule has 5 nitrogen and oxygen atoms in total. The van der Waals surface area contributed by atoms with Crippen molar-refractivity contribution >= 4 is 22.3 Å². The number of ketones is 1. The zero-order valence-electron chi connectivity index (χ0n) is 13.5. The summed E-state index contributed by atoms with van der Waals surface area (Å²) in [4.78, 5) is 17.5. The molecule has 0 radical (unpaired) electrons. The van der Waals surface area contributed by atoms with Crippen molar-refractivity contribution < 1.29 is 14.3 Å². The highest BCUT2D eigenvalue weighted by Gasteiger charge is 2.22. The zero-order chi connectivity index (χ0) is 18.1. The van der Waals surface area contributed by atoms with Crippen LogP contribution in [0, 0.1) is 0 Å². The SMILES string of the molecule is Nc1nc(-c2ccc(O)o2)c(C(=O)c2ccc(-c3ccccc3)cc2)s1. The molecule has 0 spiro atoms. The molecule has 0 aliphatic carbocycles. The van der Waals surface area contributed by atoms with Crippen molar-refractivity contribution in [1.82, 2.24) is 4.98 Å². The van der Waals surface area contributed by atoms with Gasteiger partial charge < -0.3 is 15.3 Å². The van der Waals surface area contributed by atoms with Gasteiger partial charge in [0.05, 0.1) is 0 Å². The lowest BCUT2D eigenvalue weighted by molar-refractivity contribution is 0.104. The third-order valence-electron chi connectivity index (χ3n) is 3.93. The molecule has 0 aliphatic rings. The van der Waals surface area contributed by atoms with Crippen LogP contribution >= 0.6 is 11.3 Å². The van der Waals surface area contributed by atoms with Crippen molar-refractivity contribution in [3.8, 4) is 28.5 Å². The smallest absolute Gasteiger partial charge is 0.282 e. The maximum Gasteiger partial charge on any atom is 0.282 e. The van der Waals surface area contributed by atoms with E-state index < -0.39 is 0 Å². The Hall–Kier alpha value is -3.38. The second kappa shape index (κ2) is 6.50. The fourth-order valence-electron chi connectivity index (χ4n) is 2.69. The molecule has 6 heteroatoms. The van der Waals surface area contributed by atoms with E-state index in [1.165, 1.54) is 6.07 Å². The van der Waals surface area contributed by atoms with Gasteiger partial charge in [-0.1, -0.05) is 65.9 Å². The minimum Gasteiger partial charge on any atom is -0.481 e. The van der Waals surface area contributed by atoms with E-state index in [-0.39, 0.29) is 16.9 Å². The Morgan fingerprint density at radius 2 is 1.65 bits per heavy atom. The Bertz CT molecular complexity index is 1070. The van der Waals surface area contributed by atoms with Gasteiger partial charge in [-0.25, -0.2) is 4.98 Å². The molecule has 0 fully saturated rings. The summed E-state index contributed by atoms with van der Waals surface area (Å²) in [6, 6.07) is 20.3. The van der Waals surface area contributed by atoms with Gasteiger partial charge in [-0.3, -0.25) is 4.79 Å². The highest BCUT2D eigenvalue weighted by molar-refractivity contribution is 7.18. The normalized spacial score (nSPS) is 10.8. The van der Waals surface area contributed by atoms with Gasteiger partial charge >= 0.3 is 0 Å². The van der Waals surface area contributed by atoms with Crippen molar-refractivity contribution in [3.05, 3.63) is 77.2 Å². The summed E-state index contributed by atoms with van der Waals surface area (Å²) in [6.45, 7) is 0. The van der Waals surface area contributed by atoms with E-state index in [0.29, 0.717) is 21.9 Å². The van der Waals surface area contributed by atoms with E-state index in [0.717, 1.165) is 22.5 Å². The predicted molar refractivity (Wildman–Crippen MR) is 101 cm³/mol. The molecule has 0 atom stereocenters. The minimum absolute atomic E-state index is 0.190. The maximum atomic E-state index is 12.9. The Balaban J connectivity index is 1.68. The average Bonchev–Trinajstić information content (AvgIpc) is 3.27. The van der Waals surface area contributed by atoms with Crippen LogP contribution < -0.4 is 5.73 Å². The van der Waals surface area contributed by atoms with Crippen molar-refractivity contribution in [3.63, 3.8) is 0 Å². The highest BCUT2D eigenvalue weighted by atomic mass is 32.1. The first-order valence-corrected chi connectivity index (χ1v) is 8.69. The molecule has 26 heavy (non-hydrogen) atoms. The van der Waals surface area contributed by atoms with E-state index in [1.54, 1.807) is 18.2 Å². The lowest BCUT2D eigenvalue weighted by Crippen LogP contribution is -2.00. The van der Waals surface area contributed by atoms with Crippen molar-refractivity contribution in [2.45, 2.75) is 0 Å². The van der Waals surface area contributed by atoms with Crippen LogP contribution in [0.2, 0.25) is 0 Å². The van der Waals surface area contributed by atoms with Gasteiger partial charge in [0.1, 0.15) is 10.6 Å². The van der Waals surface area contributed by atoms with E-state index in [1.807, 2.05) is 42.5 Å². The number of aromatic hydroxyl groups is 1. The van der Waals surface area contributed by atoms with Gasteiger partial charge in [-0.2, -0.15) is 0 Å². The zero-order valence-corrected chi connectivity index (χ0v) is 14.4. The highest BCUT2D eigenvalue weighted by Crippen LogP contribution is 2.34. The number of nitrogens with zero attached hydrogens (tertiary/aromatic N) is 1. The summed E-state index contributed by atoms with van der Waals surface area (Å²) in [5.41, 5.74) is 8.77. The lowest BCUT2D eigenvalue weighted by atomic mass is 10.0. The van der Waals surface area contributed by atoms with E-state index in [4.69, 9.17) is 10.2 Å². The molecule has 0 unspecified atom stereocenters. The number of nitrogen functional groups attached to an aromatic ring is 1. The van der Waals surface area contributed by atoms with Crippen LogP contribution in [0.1, 0.15) is 15.2 Å². The van der Waals surface area contributed by atoms with Gasteiger partial charge in [0.2, 0.25) is 5.78 Å². The van der Waals surface area contributed by atoms with Gasteiger partial charge in [0.25, 0.3) is 5.95 Å². The van der Waals surface area contributed by atoms with Crippen LogP contribution in [0.5, 0.6) is 5.95 Å². The number of nitrogens with two attached hydrogens (primary N) is 1. The molecule has 0 amide bonds. The quantitative estimate of drug-likeness (QED) is 0.518. The summed E-state index contributed by atoms with van der Waals surface area (Å²) in [7, 11) is 0. The first-order valence-electron chi connectivity index (χ1n) is 7.87. The number of hydrogen-bond donors (Lipinski definition) is 2. The number of furan rings is 1. The van der Waals surface area contributed by atoms with E-state index >= 15 is 0 Å². The second-order valence-electron chi connectivity index (χ2n) is 5.64. The topological polar surface area (TPSA) is 89.3 Å². The largest absolute Gasteiger partial charge is 0.481 e. The number of carbonyl (C=O) groups is 1. The van der Waals surface area contributed by atoms with Crippen LogP contribution in [0.4, 0.5) is 5.13 Å². The average molecular weight is 362 g/mol. The molecule has 2 aromatic heterocycles. The third kappa shape index (κ3) is 2.98. The molecule has 4 aromatic rings. The molecule has 128 valence electrons. The minimum atomic E-state index is -0.239. The van der Waals surface area contributed by atoms with Gasteiger partial charge in [0.15, 0.2) is 10.9 Å². The molecular weight excluding hydrogens is 348 g/mol. The van der Waals surface area contributed by atoms with Crippen LogP contribution in [-0.2, 0) is 0 Å². The molecule has 2 aromatic carbocycles. The lowest BCUT2D eigenvalue weighted by Gasteiger charge is -2.04. The molecular formula is C20H14N2O3S. The van der Waals surface area contributed by atoms with Crippen LogP contribution in [-0.4, -0.2) is 15.9 Å². The number of hydrogen-bond acceptors (Lipinski definition) is 6. The van der Waals surface area contributed by atoms with Crippen molar-refractivity contribution in [2.24, 2.45) is 0 Å². The second-order valence-corrected chi connectivity index (χ2v) is 6.67. The first kappa shape index (κ1) is 16.1. The Labute approximate surface area is 153 Å². The summed E-state index contributed by atoms with van der Waals surface area (Å²) in [5.74, 6) is -0.124. The van der Waals surface area contributed by atoms with E-state index in [2.05, 4.69) is 4.98 Å². The molecule has 4 rings (SSSR count). The Morgan fingerprint density at radius 1 is 0.962 bits per heavy atom. The fraction of sp³-hybridized carbons (Fsp3) is 0. The van der Waals surface area contributed by atoms with Crippen LogP contribution in [0.3, 0.4) is 0 Å². The van der Waals surface area contributed by atoms with Gasteiger partial charge in [-0.05, 0) is 17.2 Å². The summed E-state index contributed by atoms with van der Waals surface area (Å²) in [6.07, 6.45) is 0. The summed E-state index contributed by atoms with van der Waals surface area (Å²) < 4.78 is 5.18. The molecule has 0 aliphatic heterocycles.